The van der Waals surface area contributed by atoms with Gasteiger partial charge in [-0.05, 0) is 89.1 Å². The van der Waals surface area contributed by atoms with Crippen LogP contribution in [-0.4, -0.2) is 61.0 Å². The van der Waals surface area contributed by atoms with Crippen LogP contribution < -0.4 is 25.6 Å². The standard InChI is InChI=1S/C29H35N5O3S/c1-17-16-19(37-18-8-5-4-6-9-18)12-13-21(17)34-23-14-15-30-28-24(23)25(32-29(34)36)26(38-28)27(35)31-20-10-7-11-22(20)33(2)3/h4-6,8-9,12-13,16,20,22-24,28,30H,7,10-11,14-15H2,1-3H3,(H,31,35)(H,32,36)/t20-,22+,23?,24?,28?/m0/s1. The van der Waals surface area contributed by atoms with Gasteiger partial charge in [-0.2, -0.15) is 0 Å². The molecule has 3 amide bonds. The van der Waals surface area contributed by atoms with Crippen molar-refractivity contribution in [3.05, 3.63) is 64.7 Å². The largest absolute Gasteiger partial charge is 0.457 e. The number of aryl methyl sites for hydroxylation is 1. The monoisotopic (exact) mass is 533 g/mol. The number of thioether (sulfide) groups is 1. The predicted octanol–water partition coefficient (Wildman–Crippen LogP) is 4.18. The summed E-state index contributed by atoms with van der Waals surface area (Å²) in [6.07, 6.45) is 4.01. The number of rotatable bonds is 6. The number of ether oxygens (including phenoxy) is 1. The minimum atomic E-state index is -0.179. The highest BCUT2D eigenvalue weighted by molar-refractivity contribution is 8.04. The summed E-state index contributed by atoms with van der Waals surface area (Å²) in [5, 5.41) is 10.1. The Morgan fingerprint density at radius 1 is 1.11 bits per heavy atom. The lowest BCUT2D eigenvalue weighted by molar-refractivity contribution is -0.117. The number of hydrogen-bond acceptors (Lipinski definition) is 6. The van der Waals surface area contributed by atoms with Crippen LogP contribution in [0, 0.1) is 12.8 Å². The number of nitrogens with one attached hydrogen (secondary N) is 3. The summed E-state index contributed by atoms with van der Waals surface area (Å²) in [7, 11) is 4.14. The first-order valence-electron chi connectivity index (χ1n) is 13.5. The molecule has 0 bridgehead atoms. The van der Waals surface area contributed by atoms with Gasteiger partial charge in [-0.15, -0.1) is 0 Å². The van der Waals surface area contributed by atoms with Crippen LogP contribution >= 0.6 is 11.8 Å². The zero-order valence-electron chi connectivity index (χ0n) is 22.1. The normalized spacial score (nSPS) is 28.4. The van der Waals surface area contributed by atoms with Crippen molar-refractivity contribution in [1.29, 1.82) is 0 Å². The van der Waals surface area contributed by atoms with Crippen LogP contribution in [-0.2, 0) is 4.79 Å². The maximum absolute atomic E-state index is 13.6. The molecule has 3 heterocycles. The molecule has 4 aliphatic rings. The SMILES string of the molecule is Cc1cc(Oc2ccccc2)ccc1N1C(=O)NC2=C(C(=O)N[C@H]3CCC[C@H]3N(C)C)SC3NCCC1C23. The molecule has 3 fully saturated rings. The van der Waals surface area contributed by atoms with Crippen molar-refractivity contribution < 1.29 is 14.3 Å². The van der Waals surface area contributed by atoms with Crippen LogP contribution in [0.1, 0.15) is 31.2 Å². The molecule has 5 atom stereocenters. The van der Waals surface area contributed by atoms with Gasteiger partial charge in [-0.3, -0.25) is 9.69 Å². The Kier molecular flexibility index (Phi) is 6.84. The van der Waals surface area contributed by atoms with E-state index in [9.17, 15) is 9.59 Å². The van der Waals surface area contributed by atoms with Crippen LogP contribution in [0.4, 0.5) is 10.5 Å². The first-order valence-corrected chi connectivity index (χ1v) is 14.3. The number of urea groups is 1. The fourth-order valence-electron chi connectivity index (χ4n) is 6.45. The number of piperidine rings is 1. The van der Waals surface area contributed by atoms with E-state index in [1.807, 2.05) is 60.4 Å². The van der Waals surface area contributed by atoms with Gasteiger partial charge in [0.2, 0.25) is 0 Å². The van der Waals surface area contributed by atoms with E-state index in [0.29, 0.717) is 10.9 Å². The van der Waals surface area contributed by atoms with Crippen LogP contribution in [0.5, 0.6) is 11.5 Å². The van der Waals surface area contributed by atoms with Crippen LogP contribution in [0.15, 0.2) is 59.1 Å². The molecule has 1 saturated carbocycles. The molecule has 2 saturated heterocycles. The Labute approximate surface area is 228 Å². The van der Waals surface area contributed by atoms with E-state index in [4.69, 9.17) is 4.74 Å². The number of amides is 3. The van der Waals surface area contributed by atoms with Crippen LogP contribution in [0.25, 0.3) is 0 Å². The second-order valence-electron chi connectivity index (χ2n) is 10.8. The Morgan fingerprint density at radius 3 is 2.68 bits per heavy atom. The summed E-state index contributed by atoms with van der Waals surface area (Å²) >= 11 is 1.56. The molecule has 6 rings (SSSR count). The lowest BCUT2D eigenvalue weighted by Crippen LogP contribution is -2.62. The van der Waals surface area contributed by atoms with Crippen molar-refractivity contribution in [2.24, 2.45) is 5.92 Å². The van der Waals surface area contributed by atoms with Crippen LogP contribution in [0.3, 0.4) is 0 Å². The fourth-order valence-corrected chi connectivity index (χ4v) is 7.85. The highest BCUT2D eigenvalue weighted by Gasteiger charge is 2.52. The predicted molar refractivity (Wildman–Crippen MR) is 150 cm³/mol. The topological polar surface area (TPSA) is 85.9 Å². The zero-order valence-corrected chi connectivity index (χ0v) is 22.9. The average molecular weight is 534 g/mol. The number of carbonyl (C=O) groups is 2. The molecule has 3 N–H and O–H groups in total. The number of para-hydroxylation sites is 1. The van der Waals surface area contributed by atoms with Gasteiger partial charge >= 0.3 is 6.03 Å². The minimum absolute atomic E-state index is 0.0246. The summed E-state index contributed by atoms with van der Waals surface area (Å²) < 4.78 is 6.01. The molecule has 9 heteroatoms. The van der Waals surface area contributed by atoms with Gasteiger partial charge < -0.3 is 25.6 Å². The van der Waals surface area contributed by atoms with E-state index in [1.165, 1.54) is 0 Å². The molecule has 0 spiro atoms. The Hall–Kier alpha value is -3.01. The van der Waals surface area contributed by atoms with E-state index in [1.54, 1.807) is 11.8 Å². The van der Waals surface area contributed by atoms with Crippen molar-refractivity contribution in [3.63, 3.8) is 0 Å². The smallest absolute Gasteiger partial charge is 0.326 e. The van der Waals surface area contributed by atoms with Gasteiger partial charge in [0.1, 0.15) is 11.5 Å². The van der Waals surface area contributed by atoms with Gasteiger partial charge in [0.05, 0.1) is 16.3 Å². The molecule has 2 aromatic rings. The summed E-state index contributed by atoms with van der Waals surface area (Å²) in [6.45, 7) is 2.81. The minimum Gasteiger partial charge on any atom is -0.457 e. The highest BCUT2D eigenvalue weighted by atomic mass is 32.2. The zero-order chi connectivity index (χ0) is 26.4. The van der Waals surface area contributed by atoms with Crippen molar-refractivity contribution >= 4 is 29.4 Å². The summed E-state index contributed by atoms with van der Waals surface area (Å²) in [5.74, 6) is 1.47. The van der Waals surface area contributed by atoms with Gasteiger partial charge in [0, 0.05) is 29.4 Å². The molecule has 3 unspecified atom stereocenters. The summed E-state index contributed by atoms with van der Waals surface area (Å²) in [6, 6.07) is 15.8. The van der Waals surface area contributed by atoms with E-state index in [-0.39, 0.29) is 35.3 Å². The van der Waals surface area contributed by atoms with Gasteiger partial charge in [-0.1, -0.05) is 30.0 Å². The first kappa shape index (κ1) is 25.3. The molecule has 0 radical (unpaired) electrons. The molecule has 2 aromatic carbocycles. The second kappa shape index (κ2) is 10.3. The molecular weight excluding hydrogens is 498 g/mol. The van der Waals surface area contributed by atoms with Crippen LogP contribution in [0.2, 0.25) is 0 Å². The highest BCUT2D eigenvalue weighted by Crippen LogP contribution is 2.48. The fraction of sp³-hybridized carbons (Fsp3) is 0.448. The molecular formula is C29H35N5O3S. The van der Waals surface area contributed by atoms with Gasteiger partial charge in [-0.25, -0.2) is 4.79 Å². The first-order chi connectivity index (χ1) is 18.4. The molecule has 0 aromatic heterocycles. The lowest BCUT2D eigenvalue weighted by Gasteiger charge is -2.46. The molecule has 200 valence electrons. The molecule has 38 heavy (non-hydrogen) atoms. The lowest BCUT2D eigenvalue weighted by atomic mass is 9.86. The number of hydrogen-bond donors (Lipinski definition) is 3. The van der Waals surface area contributed by atoms with E-state index < -0.39 is 0 Å². The molecule has 8 nitrogen and oxygen atoms in total. The number of nitrogens with zero attached hydrogens (tertiary/aromatic N) is 2. The van der Waals surface area contributed by atoms with E-state index >= 15 is 0 Å². The van der Waals surface area contributed by atoms with Crippen molar-refractivity contribution in [2.75, 3.05) is 25.5 Å². The second-order valence-corrected chi connectivity index (χ2v) is 12.0. The Bertz CT molecular complexity index is 1270. The Balaban J connectivity index is 1.25. The third-order valence-electron chi connectivity index (χ3n) is 8.21. The number of benzene rings is 2. The van der Waals surface area contributed by atoms with Crippen molar-refractivity contribution in [3.8, 4) is 11.5 Å². The number of anilines is 1. The van der Waals surface area contributed by atoms with E-state index in [0.717, 1.165) is 60.7 Å². The third-order valence-corrected chi connectivity index (χ3v) is 9.57. The average Bonchev–Trinajstić information content (AvgIpc) is 3.51. The van der Waals surface area contributed by atoms with Crippen molar-refractivity contribution in [2.45, 2.75) is 56.1 Å². The Morgan fingerprint density at radius 2 is 1.92 bits per heavy atom. The summed E-state index contributed by atoms with van der Waals surface area (Å²) in [4.78, 5) is 31.8. The summed E-state index contributed by atoms with van der Waals surface area (Å²) in [5.41, 5.74) is 2.61. The quantitative estimate of drug-likeness (QED) is 0.517. The van der Waals surface area contributed by atoms with E-state index in [2.05, 4.69) is 34.9 Å². The van der Waals surface area contributed by atoms with Crippen molar-refractivity contribution in [1.82, 2.24) is 20.9 Å². The maximum Gasteiger partial charge on any atom is 0.326 e. The van der Waals surface area contributed by atoms with Gasteiger partial charge in [0.15, 0.2) is 0 Å². The number of carbonyl (C=O) groups excluding carboxylic acids is 2. The molecule has 1 aliphatic carbocycles. The van der Waals surface area contributed by atoms with Gasteiger partial charge in [0.25, 0.3) is 5.91 Å². The third kappa shape index (κ3) is 4.57. The molecule has 3 aliphatic heterocycles. The number of likely N-dealkylation sites (N-methyl/N-ethyl adjacent to an activating group) is 1. The maximum atomic E-state index is 13.6.